The largest absolute Gasteiger partial charge is 0.493 e. The zero-order valence-corrected chi connectivity index (χ0v) is 16.8. The zero-order valence-electron chi connectivity index (χ0n) is 13.7. The van der Waals surface area contributed by atoms with Crippen LogP contribution in [0.5, 0.6) is 17.2 Å². The summed E-state index contributed by atoms with van der Waals surface area (Å²) < 4.78 is 22.5. The van der Waals surface area contributed by atoms with Crippen molar-refractivity contribution >= 4 is 37.8 Å². The molecule has 1 N–H and O–H groups in total. The van der Waals surface area contributed by atoms with Gasteiger partial charge in [-0.05, 0) is 50.9 Å². The molecule has 0 atom stereocenters. The number of ether oxygens (including phenoxy) is 4. The van der Waals surface area contributed by atoms with E-state index < -0.39 is 5.97 Å². The van der Waals surface area contributed by atoms with Crippen molar-refractivity contribution in [1.29, 1.82) is 0 Å². The van der Waals surface area contributed by atoms with Gasteiger partial charge in [0.05, 0.1) is 37.0 Å². The van der Waals surface area contributed by atoms with Crippen molar-refractivity contribution in [2.45, 2.75) is 6.92 Å². The van der Waals surface area contributed by atoms with Crippen LogP contribution in [0.15, 0.2) is 21.2 Å². The number of esters is 1. The molecule has 0 spiro atoms. The summed E-state index contributed by atoms with van der Waals surface area (Å²) in [7, 11) is 4.63. The lowest BCUT2D eigenvalue weighted by Crippen LogP contribution is -2.05. The molecule has 0 saturated heterocycles. The summed E-state index contributed by atoms with van der Waals surface area (Å²) in [5, 5.41) is 0. The number of hydrogen-bond donors (Lipinski definition) is 1. The fourth-order valence-electron chi connectivity index (χ4n) is 2.33. The van der Waals surface area contributed by atoms with Crippen LogP contribution in [0.25, 0.3) is 11.1 Å². The molecule has 0 aliphatic rings. The molecule has 2 rings (SSSR count). The lowest BCUT2D eigenvalue weighted by atomic mass is 10.1. The van der Waals surface area contributed by atoms with Gasteiger partial charge >= 0.3 is 5.97 Å². The minimum atomic E-state index is -0.448. The monoisotopic (exact) mass is 461 g/mol. The Kier molecular flexibility index (Phi) is 6.17. The lowest BCUT2D eigenvalue weighted by molar-refractivity contribution is 0.0519. The molecular formula is C16H17Br2NO5. The molecular weight excluding hydrogens is 446 g/mol. The number of aromatic amines is 1. The first-order valence-electron chi connectivity index (χ1n) is 7.03. The van der Waals surface area contributed by atoms with Gasteiger partial charge < -0.3 is 23.9 Å². The molecule has 0 amide bonds. The molecule has 0 saturated carbocycles. The van der Waals surface area contributed by atoms with Gasteiger partial charge in [0.2, 0.25) is 5.75 Å². The molecule has 6 nitrogen and oxygen atoms in total. The van der Waals surface area contributed by atoms with Crippen LogP contribution in [0.2, 0.25) is 0 Å². The molecule has 1 aromatic carbocycles. The third kappa shape index (κ3) is 3.25. The number of hydrogen-bond acceptors (Lipinski definition) is 5. The Morgan fingerprint density at radius 2 is 1.75 bits per heavy atom. The Labute approximate surface area is 156 Å². The van der Waals surface area contributed by atoms with Gasteiger partial charge in [0.25, 0.3) is 0 Å². The van der Waals surface area contributed by atoms with Crippen LogP contribution in [0.3, 0.4) is 0 Å². The van der Waals surface area contributed by atoms with Gasteiger partial charge in [0.15, 0.2) is 11.5 Å². The summed E-state index contributed by atoms with van der Waals surface area (Å²) in [5.74, 6) is 1.06. The minimum Gasteiger partial charge on any atom is -0.493 e. The molecule has 0 radical (unpaired) electrons. The van der Waals surface area contributed by atoms with Gasteiger partial charge in [-0.3, -0.25) is 0 Å². The maximum Gasteiger partial charge on any atom is 0.355 e. The van der Waals surface area contributed by atoms with E-state index in [2.05, 4.69) is 36.8 Å². The number of aromatic nitrogens is 1. The van der Waals surface area contributed by atoms with Gasteiger partial charge in [-0.15, -0.1) is 0 Å². The molecule has 130 valence electrons. The molecule has 0 bridgehead atoms. The van der Waals surface area contributed by atoms with Gasteiger partial charge in [-0.2, -0.15) is 0 Å². The highest BCUT2D eigenvalue weighted by molar-refractivity contribution is 9.11. The van der Waals surface area contributed by atoms with Crippen molar-refractivity contribution in [3.63, 3.8) is 0 Å². The van der Waals surface area contributed by atoms with Gasteiger partial charge in [-0.25, -0.2) is 4.79 Å². The predicted octanol–water partition coefficient (Wildman–Crippen LogP) is 4.41. The van der Waals surface area contributed by atoms with Crippen molar-refractivity contribution in [3.8, 4) is 28.4 Å². The first kappa shape index (κ1) is 18.7. The molecule has 0 unspecified atom stereocenters. The van der Waals surface area contributed by atoms with Crippen molar-refractivity contribution in [2.24, 2.45) is 0 Å². The van der Waals surface area contributed by atoms with Crippen molar-refractivity contribution < 1.29 is 23.7 Å². The highest BCUT2D eigenvalue weighted by atomic mass is 79.9. The zero-order chi connectivity index (χ0) is 17.9. The summed E-state index contributed by atoms with van der Waals surface area (Å²) in [6.07, 6.45) is 0. The number of rotatable bonds is 6. The van der Waals surface area contributed by atoms with E-state index in [-0.39, 0.29) is 6.61 Å². The predicted molar refractivity (Wildman–Crippen MR) is 97.2 cm³/mol. The Hall–Kier alpha value is -1.67. The fraction of sp³-hybridized carbons (Fsp3) is 0.312. The standard InChI is InChI=1S/C16H17Br2NO5/c1-5-24-16(20)12-11(17)10(15(18)19-12)8-6-7-9(21-2)14(23-4)13(8)22-3/h6-7,19H,5H2,1-4H3. The second-order valence-corrected chi connectivity index (χ2v) is 6.19. The Morgan fingerprint density at radius 3 is 2.29 bits per heavy atom. The lowest BCUT2D eigenvalue weighted by Gasteiger charge is -2.15. The third-order valence-corrected chi connectivity index (χ3v) is 4.73. The van der Waals surface area contributed by atoms with Gasteiger partial charge in [0, 0.05) is 11.1 Å². The molecule has 1 aromatic heterocycles. The SMILES string of the molecule is CCOC(=O)c1[nH]c(Br)c(-c2ccc(OC)c(OC)c2OC)c1Br. The average Bonchev–Trinajstić information content (AvgIpc) is 2.88. The van der Waals surface area contributed by atoms with E-state index in [1.54, 1.807) is 27.2 Å². The molecule has 1 heterocycles. The van der Waals surface area contributed by atoms with Crippen molar-refractivity contribution in [3.05, 3.63) is 26.9 Å². The Bertz CT molecular complexity index is 757. The van der Waals surface area contributed by atoms with Gasteiger partial charge in [0.1, 0.15) is 5.69 Å². The molecule has 8 heteroatoms. The quantitative estimate of drug-likeness (QED) is 0.644. The summed E-state index contributed by atoms with van der Waals surface area (Å²) in [4.78, 5) is 15.0. The van der Waals surface area contributed by atoms with Crippen LogP contribution >= 0.6 is 31.9 Å². The van der Waals surface area contributed by atoms with E-state index in [9.17, 15) is 4.79 Å². The molecule has 0 fully saturated rings. The smallest absolute Gasteiger partial charge is 0.355 e. The van der Waals surface area contributed by atoms with Crippen LogP contribution in [0, 0.1) is 0 Å². The average molecular weight is 463 g/mol. The first-order valence-corrected chi connectivity index (χ1v) is 8.62. The summed E-state index contributed by atoms with van der Waals surface area (Å²) in [5.41, 5.74) is 1.76. The Balaban J connectivity index is 2.67. The minimum absolute atomic E-state index is 0.289. The van der Waals surface area contributed by atoms with Crippen molar-refractivity contribution in [1.82, 2.24) is 4.98 Å². The molecule has 2 aromatic rings. The maximum absolute atomic E-state index is 12.1. The fourth-order valence-corrected chi connectivity index (χ4v) is 3.88. The van der Waals surface area contributed by atoms with E-state index in [0.717, 1.165) is 11.1 Å². The highest BCUT2D eigenvalue weighted by Crippen LogP contribution is 2.48. The Morgan fingerprint density at radius 1 is 1.08 bits per heavy atom. The molecule has 24 heavy (non-hydrogen) atoms. The second-order valence-electron chi connectivity index (χ2n) is 4.61. The summed E-state index contributed by atoms with van der Waals surface area (Å²) in [6, 6.07) is 3.60. The van der Waals surface area contributed by atoms with E-state index in [1.165, 1.54) is 7.11 Å². The highest BCUT2D eigenvalue weighted by Gasteiger charge is 2.26. The maximum atomic E-state index is 12.1. The number of carbonyl (C=O) groups excluding carboxylic acids is 1. The van der Waals surface area contributed by atoms with Crippen LogP contribution in [-0.2, 0) is 4.74 Å². The second kappa shape index (κ2) is 7.94. The topological polar surface area (TPSA) is 69.8 Å². The van der Waals surface area contributed by atoms with Gasteiger partial charge in [-0.1, -0.05) is 0 Å². The summed E-state index contributed by atoms with van der Waals surface area (Å²) >= 11 is 6.91. The number of nitrogens with one attached hydrogen (secondary N) is 1. The van der Waals surface area contributed by atoms with Crippen molar-refractivity contribution in [2.75, 3.05) is 27.9 Å². The third-order valence-electron chi connectivity index (χ3n) is 3.35. The summed E-state index contributed by atoms with van der Waals surface area (Å²) in [6.45, 7) is 2.04. The number of H-pyrrole nitrogens is 1. The van der Waals surface area contributed by atoms with E-state index in [0.29, 0.717) is 32.0 Å². The number of methoxy groups -OCH3 is 3. The van der Waals surface area contributed by atoms with Crippen LogP contribution < -0.4 is 14.2 Å². The number of halogens is 2. The van der Waals surface area contributed by atoms with Crippen LogP contribution in [-0.4, -0.2) is 38.9 Å². The number of benzene rings is 1. The van der Waals surface area contributed by atoms with Crippen LogP contribution in [0.1, 0.15) is 17.4 Å². The number of carbonyl (C=O) groups is 1. The van der Waals surface area contributed by atoms with E-state index in [4.69, 9.17) is 18.9 Å². The van der Waals surface area contributed by atoms with E-state index >= 15 is 0 Å². The molecule has 0 aliphatic carbocycles. The van der Waals surface area contributed by atoms with Crippen LogP contribution in [0.4, 0.5) is 0 Å². The molecule has 0 aliphatic heterocycles. The first-order chi connectivity index (χ1) is 11.5. The normalized spacial score (nSPS) is 10.4. The van der Waals surface area contributed by atoms with E-state index in [1.807, 2.05) is 6.07 Å².